The Morgan fingerprint density at radius 1 is 1.45 bits per heavy atom. The molecule has 0 spiro atoms. The van der Waals surface area contributed by atoms with Crippen molar-refractivity contribution >= 4 is 44.5 Å². The summed E-state index contributed by atoms with van der Waals surface area (Å²) in [6.07, 6.45) is 1.77. The molecule has 0 radical (unpaired) electrons. The van der Waals surface area contributed by atoms with E-state index in [9.17, 15) is 8.42 Å². The zero-order valence-electron chi connectivity index (χ0n) is 10.9. The number of benzene rings is 1. The maximum absolute atomic E-state index is 12.0. The highest BCUT2D eigenvalue weighted by atomic mass is 35.5. The SMILES string of the molecule is CN(C)S(=O)(=O)c1ccc2oc(SC/C=C/Cl)nc2c1. The number of hydrogen-bond acceptors (Lipinski definition) is 5. The van der Waals surface area contributed by atoms with Crippen LogP contribution in [0.4, 0.5) is 0 Å². The van der Waals surface area contributed by atoms with Crippen molar-refractivity contribution in [2.75, 3.05) is 19.8 Å². The van der Waals surface area contributed by atoms with Gasteiger partial charge in [0.25, 0.3) is 5.22 Å². The molecule has 108 valence electrons. The maximum Gasteiger partial charge on any atom is 0.257 e. The van der Waals surface area contributed by atoms with Gasteiger partial charge in [0.15, 0.2) is 5.58 Å². The number of hydrogen-bond donors (Lipinski definition) is 0. The van der Waals surface area contributed by atoms with Crippen molar-refractivity contribution in [3.8, 4) is 0 Å². The van der Waals surface area contributed by atoms with Crippen molar-refractivity contribution < 1.29 is 12.8 Å². The molecule has 1 heterocycles. The zero-order valence-corrected chi connectivity index (χ0v) is 13.3. The highest BCUT2D eigenvalue weighted by molar-refractivity contribution is 7.99. The monoisotopic (exact) mass is 332 g/mol. The fraction of sp³-hybridized carbons (Fsp3) is 0.250. The second-order valence-corrected chi connectivity index (χ2v) is 7.44. The Hall–Kier alpha value is -1.02. The van der Waals surface area contributed by atoms with Gasteiger partial charge in [-0.3, -0.25) is 0 Å². The zero-order chi connectivity index (χ0) is 14.8. The van der Waals surface area contributed by atoms with E-state index >= 15 is 0 Å². The second-order valence-electron chi connectivity index (χ2n) is 4.07. The molecule has 5 nitrogen and oxygen atoms in total. The summed E-state index contributed by atoms with van der Waals surface area (Å²) >= 11 is 6.81. The van der Waals surface area contributed by atoms with Crippen molar-refractivity contribution in [1.82, 2.24) is 9.29 Å². The summed E-state index contributed by atoms with van der Waals surface area (Å²) in [5.74, 6) is 0.638. The Morgan fingerprint density at radius 2 is 2.20 bits per heavy atom. The molecule has 8 heteroatoms. The molecular weight excluding hydrogens is 320 g/mol. The number of halogens is 1. The maximum atomic E-state index is 12.0. The molecule has 0 aliphatic heterocycles. The number of sulfonamides is 1. The van der Waals surface area contributed by atoms with E-state index in [1.165, 1.54) is 43.5 Å². The lowest BCUT2D eigenvalue weighted by atomic mass is 10.3. The fourth-order valence-corrected chi connectivity index (χ4v) is 3.24. The smallest absolute Gasteiger partial charge is 0.257 e. The number of oxazole rings is 1. The average molecular weight is 333 g/mol. The molecule has 0 saturated heterocycles. The lowest BCUT2D eigenvalue weighted by Crippen LogP contribution is -2.22. The topological polar surface area (TPSA) is 63.4 Å². The van der Waals surface area contributed by atoms with Crippen LogP contribution in [0.5, 0.6) is 0 Å². The van der Waals surface area contributed by atoms with Gasteiger partial charge in [0.05, 0.1) is 4.90 Å². The minimum atomic E-state index is -3.46. The van der Waals surface area contributed by atoms with Crippen LogP contribution in [0.2, 0.25) is 0 Å². The fourth-order valence-electron chi connectivity index (χ4n) is 1.47. The van der Waals surface area contributed by atoms with Gasteiger partial charge >= 0.3 is 0 Å². The van der Waals surface area contributed by atoms with E-state index in [1.807, 2.05) is 0 Å². The predicted molar refractivity (Wildman–Crippen MR) is 80.6 cm³/mol. The van der Waals surface area contributed by atoms with Crippen molar-refractivity contribution in [3.05, 3.63) is 29.8 Å². The van der Waals surface area contributed by atoms with Crippen LogP contribution in [-0.4, -0.2) is 37.6 Å². The molecule has 1 aromatic carbocycles. The molecule has 1 aromatic heterocycles. The summed E-state index contributed by atoms with van der Waals surface area (Å²) in [5, 5.41) is 0.481. The molecule has 20 heavy (non-hydrogen) atoms. The molecule has 0 bridgehead atoms. The van der Waals surface area contributed by atoms with E-state index in [0.29, 0.717) is 22.1 Å². The van der Waals surface area contributed by atoms with Gasteiger partial charge in [-0.05, 0) is 18.2 Å². The third kappa shape index (κ3) is 3.17. The van der Waals surface area contributed by atoms with E-state index in [2.05, 4.69) is 4.98 Å². The van der Waals surface area contributed by atoms with Crippen molar-refractivity contribution in [2.24, 2.45) is 0 Å². The first-order chi connectivity index (χ1) is 9.45. The number of aromatic nitrogens is 1. The number of nitrogens with zero attached hydrogens (tertiary/aromatic N) is 2. The Labute approximate surface area is 126 Å². The molecule has 0 atom stereocenters. The van der Waals surface area contributed by atoms with E-state index in [0.717, 1.165) is 4.31 Å². The van der Waals surface area contributed by atoms with Crippen LogP contribution in [0.1, 0.15) is 0 Å². The van der Waals surface area contributed by atoms with Gasteiger partial charge in [-0.15, -0.1) is 0 Å². The molecule has 0 aliphatic rings. The molecule has 0 aliphatic carbocycles. The second kappa shape index (κ2) is 6.17. The Morgan fingerprint density at radius 3 is 2.85 bits per heavy atom. The normalized spacial score (nSPS) is 12.8. The van der Waals surface area contributed by atoms with Gasteiger partial charge in [-0.1, -0.05) is 29.4 Å². The standard InChI is InChI=1S/C12H13ClN2O3S2/c1-15(2)20(16,17)9-4-5-11-10(8-9)14-12(18-11)19-7-3-6-13/h3-6,8H,7H2,1-2H3/b6-3+. The Kier molecular flexibility index (Phi) is 4.74. The van der Waals surface area contributed by atoms with Crippen molar-refractivity contribution in [1.29, 1.82) is 0 Å². The minimum absolute atomic E-state index is 0.195. The van der Waals surface area contributed by atoms with Crippen molar-refractivity contribution in [3.63, 3.8) is 0 Å². The van der Waals surface area contributed by atoms with Gasteiger partial charge in [-0.25, -0.2) is 17.7 Å². The van der Waals surface area contributed by atoms with E-state index in [1.54, 1.807) is 12.1 Å². The number of fused-ring (bicyclic) bond motifs is 1. The van der Waals surface area contributed by atoms with Crippen LogP contribution in [0, 0.1) is 0 Å². The highest BCUT2D eigenvalue weighted by Gasteiger charge is 2.18. The van der Waals surface area contributed by atoms with Crippen LogP contribution in [0.3, 0.4) is 0 Å². The summed E-state index contributed by atoms with van der Waals surface area (Å²) in [4.78, 5) is 4.45. The summed E-state index contributed by atoms with van der Waals surface area (Å²) < 4.78 is 30.7. The Bertz CT molecular complexity index is 738. The summed E-state index contributed by atoms with van der Waals surface area (Å²) in [6.45, 7) is 0. The van der Waals surface area contributed by atoms with Crippen LogP contribution >= 0.6 is 23.4 Å². The van der Waals surface area contributed by atoms with Gasteiger partial charge in [0.1, 0.15) is 5.52 Å². The van der Waals surface area contributed by atoms with E-state index < -0.39 is 10.0 Å². The average Bonchev–Trinajstić information content (AvgIpc) is 2.80. The summed E-state index contributed by atoms with van der Waals surface area (Å²) in [5.41, 5.74) is 2.50. The highest BCUT2D eigenvalue weighted by Crippen LogP contribution is 2.26. The molecule has 0 fully saturated rings. The van der Waals surface area contributed by atoms with E-state index in [-0.39, 0.29) is 4.90 Å². The lowest BCUT2D eigenvalue weighted by Gasteiger charge is -2.10. The van der Waals surface area contributed by atoms with E-state index in [4.69, 9.17) is 16.0 Å². The van der Waals surface area contributed by atoms with Gasteiger partial charge in [0, 0.05) is 25.4 Å². The molecule has 2 rings (SSSR count). The lowest BCUT2D eigenvalue weighted by molar-refractivity contribution is 0.490. The molecule has 0 N–H and O–H groups in total. The molecule has 0 saturated carbocycles. The first kappa shape index (κ1) is 15.4. The third-order valence-corrected chi connectivity index (χ3v) is 5.28. The molecule has 0 amide bonds. The first-order valence-corrected chi connectivity index (χ1v) is 8.52. The minimum Gasteiger partial charge on any atom is -0.431 e. The van der Waals surface area contributed by atoms with Crippen LogP contribution in [0.25, 0.3) is 11.1 Å². The molecular formula is C12H13ClN2O3S2. The quantitative estimate of drug-likeness (QED) is 0.788. The first-order valence-electron chi connectivity index (χ1n) is 5.66. The van der Waals surface area contributed by atoms with Crippen LogP contribution in [-0.2, 0) is 10.0 Å². The van der Waals surface area contributed by atoms with Gasteiger partial charge in [-0.2, -0.15) is 0 Å². The van der Waals surface area contributed by atoms with Gasteiger partial charge < -0.3 is 4.42 Å². The summed E-state index contributed by atoms with van der Waals surface area (Å²) in [7, 11) is -0.487. The number of thioether (sulfide) groups is 1. The van der Waals surface area contributed by atoms with Crippen molar-refractivity contribution in [2.45, 2.75) is 10.1 Å². The van der Waals surface area contributed by atoms with Crippen LogP contribution in [0.15, 0.2) is 44.3 Å². The third-order valence-electron chi connectivity index (χ3n) is 2.51. The number of rotatable bonds is 5. The van der Waals surface area contributed by atoms with Crippen LogP contribution < -0.4 is 0 Å². The molecule has 0 unspecified atom stereocenters. The van der Waals surface area contributed by atoms with Gasteiger partial charge in [0.2, 0.25) is 10.0 Å². The predicted octanol–water partition coefficient (Wildman–Crippen LogP) is 2.92. The molecule has 2 aromatic rings. The largest absolute Gasteiger partial charge is 0.431 e. The Balaban J connectivity index is 2.35. The summed E-state index contributed by atoms with van der Waals surface area (Å²) in [6, 6.07) is 4.63.